The molecule has 0 spiro atoms. The molecule has 9 nitrogen and oxygen atoms in total. The highest BCUT2D eigenvalue weighted by molar-refractivity contribution is 7.88. The van der Waals surface area contributed by atoms with Crippen LogP contribution < -0.4 is 10.9 Å². The molecule has 36 heavy (non-hydrogen) atoms. The molecule has 11 heteroatoms. The van der Waals surface area contributed by atoms with Crippen LogP contribution in [0.1, 0.15) is 11.5 Å². The van der Waals surface area contributed by atoms with E-state index in [2.05, 4.69) is 20.3 Å². The molecule has 1 fully saturated rings. The lowest BCUT2D eigenvalue weighted by Crippen LogP contribution is -2.47. The molecular formula is C25H25ClN6O3S. The normalized spacial score (nSPS) is 14.9. The molecule has 5 rings (SSSR count). The van der Waals surface area contributed by atoms with E-state index in [9.17, 15) is 13.2 Å². The fourth-order valence-corrected chi connectivity index (χ4v) is 6.07. The van der Waals surface area contributed by atoms with Crippen molar-refractivity contribution in [1.29, 1.82) is 0 Å². The van der Waals surface area contributed by atoms with Crippen LogP contribution in [0.5, 0.6) is 0 Å². The Morgan fingerprint density at radius 3 is 2.53 bits per heavy atom. The molecule has 0 bridgehead atoms. The summed E-state index contributed by atoms with van der Waals surface area (Å²) in [5.41, 5.74) is 3.02. The molecule has 1 aromatic carbocycles. The average molecular weight is 525 g/mol. The Kier molecular flexibility index (Phi) is 6.60. The van der Waals surface area contributed by atoms with Crippen LogP contribution in [0.3, 0.4) is 0 Å². The van der Waals surface area contributed by atoms with Crippen molar-refractivity contribution in [2.24, 2.45) is 0 Å². The van der Waals surface area contributed by atoms with Gasteiger partial charge >= 0.3 is 0 Å². The third kappa shape index (κ3) is 4.77. The molecule has 1 N–H and O–H groups in total. The second-order valence-corrected chi connectivity index (χ2v) is 11.1. The van der Waals surface area contributed by atoms with E-state index < -0.39 is 21.5 Å². The lowest BCUT2D eigenvalue weighted by atomic mass is 10.0. The van der Waals surface area contributed by atoms with E-state index in [-0.39, 0.29) is 11.2 Å². The van der Waals surface area contributed by atoms with Crippen molar-refractivity contribution < 1.29 is 8.42 Å². The van der Waals surface area contributed by atoms with Crippen LogP contribution in [0.25, 0.3) is 33.4 Å². The Morgan fingerprint density at radius 1 is 1.03 bits per heavy atom. The second kappa shape index (κ2) is 9.70. The van der Waals surface area contributed by atoms with Crippen molar-refractivity contribution in [2.45, 2.75) is 19.7 Å². The van der Waals surface area contributed by atoms with Gasteiger partial charge in [-0.3, -0.25) is 14.3 Å². The number of nitrogens with one attached hydrogen (secondary N) is 1. The summed E-state index contributed by atoms with van der Waals surface area (Å²) in [6.45, 7) is 5.44. The maximum Gasteiger partial charge on any atom is 0.261 e. The van der Waals surface area contributed by atoms with Crippen LogP contribution in [-0.4, -0.2) is 58.4 Å². The number of aryl methyl sites for hydroxylation is 2. The minimum atomic E-state index is -3.76. The van der Waals surface area contributed by atoms with Crippen molar-refractivity contribution in [3.63, 3.8) is 0 Å². The fourth-order valence-electron chi connectivity index (χ4n) is 4.32. The lowest BCUT2D eigenvalue weighted by Gasteiger charge is -2.27. The van der Waals surface area contributed by atoms with Gasteiger partial charge in [-0.25, -0.2) is 18.4 Å². The van der Waals surface area contributed by atoms with Crippen LogP contribution in [0.15, 0.2) is 53.5 Å². The second-order valence-electron chi connectivity index (χ2n) is 8.74. The third-order valence-electron chi connectivity index (χ3n) is 6.15. The fraction of sp³-hybridized carbons (Fsp3) is 0.280. The van der Waals surface area contributed by atoms with Crippen LogP contribution in [-0.2, 0) is 15.9 Å². The Bertz CT molecular complexity index is 1630. The van der Waals surface area contributed by atoms with Crippen molar-refractivity contribution >= 4 is 32.7 Å². The number of sulfonamides is 1. The van der Waals surface area contributed by atoms with Gasteiger partial charge in [0, 0.05) is 65.2 Å². The van der Waals surface area contributed by atoms with E-state index in [0.29, 0.717) is 48.0 Å². The van der Waals surface area contributed by atoms with E-state index in [0.717, 1.165) is 17.0 Å². The van der Waals surface area contributed by atoms with E-state index in [1.54, 1.807) is 31.3 Å². The number of fused-ring (bicyclic) bond motifs is 1. The van der Waals surface area contributed by atoms with Gasteiger partial charge in [-0.1, -0.05) is 29.8 Å². The van der Waals surface area contributed by atoms with Gasteiger partial charge in [0.05, 0.1) is 5.69 Å². The summed E-state index contributed by atoms with van der Waals surface area (Å²) in [4.78, 5) is 26.9. The number of benzene rings is 1. The minimum Gasteiger partial charge on any atom is -0.314 e. The van der Waals surface area contributed by atoms with Gasteiger partial charge in [0.1, 0.15) is 17.3 Å². The standard InChI is InChI=1S/C25H25ClN6O3S/c1-16-4-3-5-23(29-16)18-6-7-20(22(26)13-18)21-12-19-14-28-17(2)30-24(19)32(25(21)33)15-36(34,35)31-10-8-27-9-11-31/h3-7,12-14,27H,8-11,15H2,1-2H3. The van der Waals surface area contributed by atoms with Crippen molar-refractivity contribution in [1.82, 2.24) is 29.1 Å². The summed E-state index contributed by atoms with van der Waals surface area (Å²) in [6, 6.07) is 12.8. The first-order chi connectivity index (χ1) is 17.2. The zero-order valence-electron chi connectivity index (χ0n) is 19.9. The van der Waals surface area contributed by atoms with E-state index in [4.69, 9.17) is 11.6 Å². The Labute approximate surface area is 213 Å². The number of nitrogens with zero attached hydrogens (tertiary/aromatic N) is 5. The molecule has 3 aromatic heterocycles. The highest BCUT2D eigenvalue weighted by Gasteiger charge is 2.26. The lowest BCUT2D eigenvalue weighted by molar-refractivity contribution is 0.356. The van der Waals surface area contributed by atoms with Gasteiger partial charge in [0.25, 0.3) is 5.56 Å². The van der Waals surface area contributed by atoms with Crippen LogP contribution in [0.2, 0.25) is 5.02 Å². The predicted octanol–water partition coefficient (Wildman–Crippen LogP) is 2.98. The zero-order valence-corrected chi connectivity index (χ0v) is 21.5. The average Bonchev–Trinajstić information content (AvgIpc) is 2.86. The summed E-state index contributed by atoms with van der Waals surface area (Å²) in [5, 5.41) is 4.05. The number of hydrogen-bond acceptors (Lipinski definition) is 7. The van der Waals surface area contributed by atoms with Gasteiger partial charge < -0.3 is 5.32 Å². The molecular weight excluding hydrogens is 500 g/mol. The molecule has 0 atom stereocenters. The third-order valence-corrected chi connectivity index (χ3v) is 8.20. The van der Waals surface area contributed by atoms with Gasteiger partial charge in [-0.05, 0) is 38.1 Å². The van der Waals surface area contributed by atoms with Crippen LogP contribution in [0.4, 0.5) is 0 Å². The van der Waals surface area contributed by atoms with Crippen molar-refractivity contribution in [3.8, 4) is 22.4 Å². The summed E-state index contributed by atoms with van der Waals surface area (Å²) in [7, 11) is -3.76. The quantitative estimate of drug-likeness (QED) is 0.427. The summed E-state index contributed by atoms with van der Waals surface area (Å²) in [5.74, 6) is -0.0776. The van der Waals surface area contributed by atoms with Gasteiger partial charge in [-0.15, -0.1) is 0 Å². The van der Waals surface area contributed by atoms with Crippen molar-refractivity contribution in [2.75, 3.05) is 26.2 Å². The highest BCUT2D eigenvalue weighted by Crippen LogP contribution is 2.31. The number of hydrogen-bond donors (Lipinski definition) is 1. The molecule has 0 radical (unpaired) electrons. The number of aromatic nitrogens is 4. The zero-order chi connectivity index (χ0) is 25.4. The summed E-state index contributed by atoms with van der Waals surface area (Å²) >= 11 is 6.67. The molecule has 0 unspecified atom stereocenters. The van der Waals surface area contributed by atoms with E-state index >= 15 is 0 Å². The number of rotatable bonds is 5. The number of pyridine rings is 2. The van der Waals surface area contributed by atoms with Crippen molar-refractivity contribution in [3.05, 3.63) is 75.6 Å². The Hall–Kier alpha value is -3.18. The molecule has 0 amide bonds. The molecule has 4 heterocycles. The molecule has 0 aliphatic carbocycles. The summed E-state index contributed by atoms with van der Waals surface area (Å²) in [6.07, 6.45) is 1.59. The number of halogens is 1. The maximum absolute atomic E-state index is 13.7. The summed E-state index contributed by atoms with van der Waals surface area (Å²) < 4.78 is 29.1. The van der Waals surface area contributed by atoms with Gasteiger partial charge in [0.15, 0.2) is 0 Å². The SMILES string of the molecule is Cc1cccc(-c2ccc(-c3cc4cnc(C)nc4n(CS(=O)(=O)N4CCNCC4)c3=O)c(Cl)c2)n1. The topological polar surface area (TPSA) is 110 Å². The maximum atomic E-state index is 13.7. The molecule has 186 valence electrons. The first-order valence-corrected chi connectivity index (χ1v) is 13.5. The minimum absolute atomic E-state index is 0.270. The first-order valence-electron chi connectivity index (χ1n) is 11.5. The molecule has 1 aliphatic rings. The van der Waals surface area contributed by atoms with Crippen LogP contribution in [0, 0.1) is 13.8 Å². The largest absolute Gasteiger partial charge is 0.314 e. The first kappa shape index (κ1) is 24.5. The van der Waals surface area contributed by atoms with E-state index in [1.165, 1.54) is 8.87 Å². The van der Waals surface area contributed by atoms with E-state index in [1.807, 2.05) is 31.2 Å². The monoisotopic (exact) mass is 524 g/mol. The molecule has 1 aliphatic heterocycles. The molecule has 0 saturated carbocycles. The Morgan fingerprint density at radius 2 is 1.81 bits per heavy atom. The highest BCUT2D eigenvalue weighted by atomic mass is 35.5. The van der Waals surface area contributed by atoms with Gasteiger partial charge in [0.2, 0.25) is 10.0 Å². The number of piperazine rings is 1. The smallest absolute Gasteiger partial charge is 0.261 e. The molecule has 1 saturated heterocycles. The predicted molar refractivity (Wildman–Crippen MR) is 140 cm³/mol. The van der Waals surface area contributed by atoms with Crippen LogP contribution >= 0.6 is 11.6 Å². The Balaban J connectivity index is 1.64. The molecule has 4 aromatic rings. The van der Waals surface area contributed by atoms with Gasteiger partial charge in [-0.2, -0.15) is 4.31 Å².